The Balaban J connectivity index is 1.68. The Bertz CT molecular complexity index is 154. The summed E-state index contributed by atoms with van der Waals surface area (Å²) in [5.41, 5.74) is 0. The average Bonchev–Trinajstić information content (AvgIpc) is 2.25. The molecule has 2 rings (SSSR count). The van der Waals surface area contributed by atoms with Crippen LogP contribution in [0.25, 0.3) is 0 Å². The molecule has 1 heteroatoms. The molecule has 0 aromatic heterocycles. The minimum absolute atomic E-state index is 1.02. The van der Waals surface area contributed by atoms with Crippen molar-refractivity contribution >= 4 is 7.28 Å². The van der Waals surface area contributed by atoms with Crippen LogP contribution in [0.4, 0.5) is 0 Å². The van der Waals surface area contributed by atoms with E-state index < -0.39 is 0 Å². The van der Waals surface area contributed by atoms with E-state index >= 15 is 0 Å². The van der Waals surface area contributed by atoms with Crippen LogP contribution in [-0.2, 0) is 0 Å². The van der Waals surface area contributed by atoms with E-state index in [9.17, 15) is 0 Å². The lowest BCUT2D eigenvalue weighted by Gasteiger charge is -2.31. The average molecular weight is 206 g/mol. The third-order valence-electron chi connectivity index (χ3n) is 4.94. The van der Waals surface area contributed by atoms with Crippen LogP contribution in [0.15, 0.2) is 0 Å². The van der Waals surface area contributed by atoms with Gasteiger partial charge in [-0.05, 0) is 11.8 Å². The van der Waals surface area contributed by atoms with Crippen molar-refractivity contribution < 1.29 is 0 Å². The van der Waals surface area contributed by atoms with E-state index in [0.29, 0.717) is 0 Å². The van der Waals surface area contributed by atoms with E-state index in [4.69, 9.17) is 0 Å². The zero-order valence-corrected chi connectivity index (χ0v) is 10.7. The molecule has 0 nitrogen and oxygen atoms in total. The van der Waals surface area contributed by atoms with Crippen LogP contribution in [0.5, 0.6) is 0 Å². The predicted molar refractivity (Wildman–Crippen MR) is 69.9 cm³/mol. The maximum absolute atomic E-state index is 2.43. The predicted octanol–water partition coefficient (Wildman–Crippen LogP) is 4.42. The van der Waals surface area contributed by atoms with Gasteiger partial charge in [0.25, 0.3) is 0 Å². The molecule has 2 saturated carbocycles. The molecule has 0 aromatic rings. The Morgan fingerprint density at radius 1 is 0.600 bits per heavy atom. The molecular weight excluding hydrogens is 179 g/mol. The van der Waals surface area contributed by atoms with E-state index in [0.717, 1.165) is 23.5 Å². The lowest BCUT2D eigenvalue weighted by atomic mass is 9.47. The zero-order valence-electron chi connectivity index (χ0n) is 10.7. The third-order valence-corrected chi connectivity index (χ3v) is 4.94. The normalized spacial score (nSPS) is 42.5. The monoisotopic (exact) mass is 206 g/mol. The van der Waals surface area contributed by atoms with Crippen molar-refractivity contribution in [2.75, 3.05) is 0 Å². The summed E-state index contributed by atoms with van der Waals surface area (Å²) in [6.45, 7) is 4.86. The highest BCUT2D eigenvalue weighted by Crippen LogP contribution is 2.39. The van der Waals surface area contributed by atoms with Gasteiger partial charge in [-0.15, -0.1) is 0 Å². The highest BCUT2D eigenvalue weighted by molar-refractivity contribution is 6.39. The Morgan fingerprint density at radius 3 is 1.27 bits per heavy atom. The van der Waals surface area contributed by atoms with Gasteiger partial charge in [0.15, 0.2) is 0 Å². The van der Waals surface area contributed by atoms with Gasteiger partial charge >= 0.3 is 0 Å². The van der Waals surface area contributed by atoms with Crippen molar-refractivity contribution in [1.82, 2.24) is 0 Å². The largest absolute Gasteiger partial charge is 0.127 e. The van der Waals surface area contributed by atoms with Crippen LogP contribution in [0.2, 0.25) is 11.6 Å². The van der Waals surface area contributed by atoms with Crippen LogP contribution in [-0.4, -0.2) is 7.28 Å². The van der Waals surface area contributed by atoms with E-state index in [2.05, 4.69) is 13.8 Å². The number of rotatable bonds is 2. The molecule has 0 aromatic carbocycles. The van der Waals surface area contributed by atoms with Crippen molar-refractivity contribution in [3.63, 3.8) is 0 Å². The molecule has 2 aliphatic rings. The molecule has 2 aliphatic carbocycles. The molecule has 0 bridgehead atoms. The molecule has 15 heavy (non-hydrogen) atoms. The van der Waals surface area contributed by atoms with Crippen molar-refractivity contribution in [2.24, 2.45) is 11.8 Å². The second kappa shape index (κ2) is 5.41. The molecule has 0 heterocycles. The maximum Gasteiger partial charge on any atom is 0.127 e. The van der Waals surface area contributed by atoms with Crippen LogP contribution in [0, 0.1) is 11.8 Å². The van der Waals surface area contributed by atoms with Gasteiger partial charge in [-0.3, -0.25) is 0 Å². The molecule has 0 spiro atoms. The summed E-state index contributed by atoms with van der Waals surface area (Å²) in [7, 11) is 1.57. The third kappa shape index (κ3) is 3.54. The molecule has 86 valence electrons. The van der Waals surface area contributed by atoms with Gasteiger partial charge in [0.1, 0.15) is 7.28 Å². The first-order valence-electron chi connectivity index (χ1n) is 7.24. The SMILES string of the molecule is CC1CCC(BC2CCC(C)CC2)CC1. The lowest BCUT2D eigenvalue weighted by Crippen LogP contribution is -2.20. The van der Waals surface area contributed by atoms with E-state index in [1.54, 1.807) is 7.28 Å². The minimum atomic E-state index is 1.02. The summed E-state index contributed by atoms with van der Waals surface area (Å²) in [5, 5.41) is 0. The number of hydrogen-bond donors (Lipinski definition) is 0. The van der Waals surface area contributed by atoms with Gasteiger partial charge in [0.05, 0.1) is 0 Å². The fourth-order valence-electron chi connectivity index (χ4n) is 3.60. The van der Waals surface area contributed by atoms with E-state index in [1.807, 2.05) is 0 Å². The van der Waals surface area contributed by atoms with Gasteiger partial charge in [-0.25, -0.2) is 0 Å². The zero-order chi connectivity index (χ0) is 10.7. The summed E-state index contributed by atoms with van der Waals surface area (Å²) >= 11 is 0. The first-order chi connectivity index (χ1) is 7.24. The first-order valence-corrected chi connectivity index (χ1v) is 7.24. The summed E-state index contributed by atoms with van der Waals surface area (Å²) < 4.78 is 0. The van der Waals surface area contributed by atoms with Crippen LogP contribution >= 0.6 is 0 Å². The summed E-state index contributed by atoms with van der Waals surface area (Å²) in [6, 6.07) is 0. The fourth-order valence-corrected chi connectivity index (χ4v) is 3.60. The van der Waals surface area contributed by atoms with Crippen molar-refractivity contribution in [2.45, 2.75) is 76.8 Å². The molecule has 0 unspecified atom stereocenters. The highest BCUT2D eigenvalue weighted by Gasteiger charge is 2.25. The summed E-state index contributed by atoms with van der Waals surface area (Å²) in [4.78, 5) is 0. The number of hydrogen-bond acceptors (Lipinski definition) is 0. The summed E-state index contributed by atoms with van der Waals surface area (Å²) in [5.74, 6) is 4.24. The Morgan fingerprint density at radius 2 is 0.933 bits per heavy atom. The second-order valence-electron chi connectivity index (χ2n) is 6.49. The Kier molecular flexibility index (Phi) is 4.17. The van der Waals surface area contributed by atoms with Gasteiger partial charge in [0.2, 0.25) is 0 Å². The lowest BCUT2D eigenvalue weighted by molar-refractivity contribution is 0.364. The molecule has 0 N–H and O–H groups in total. The van der Waals surface area contributed by atoms with Crippen LogP contribution in [0.3, 0.4) is 0 Å². The first kappa shape index (κ1) is 11.5. The van der Waals surface area contributed by atoms with Gasteiger partial charge < -0.3 is 0 Å². The summed E-state index contributed by atoms with van der Waals surface area (Å²) in [6.07, 6.45) is 12.2. The van der Waals surface area contributed by atoms with Crippen molar-refractivity contribution in [3.8, 4) is 0 Å². The van der Waals surface area contributed by atoms with Crippen molar-refractivity contribution in [3.05, 3.63) is 0 Å². The molecule has 0 radical (unpaired) electrons. The van der Waals surface area contributed by atoms with Crippen molar-refractivity contribution in [1.29, 1.82) is 0 Å². The van der Waals surface area contributed by atoms with E-state index in [1.165, 1.54) is 51.4 Å². The molecule has 0 amide bonds. The maximum atomic E-state index is 2.43. The van der Waals surface area contributed by atoms with Gasteiger partial charge in [-0.1, -0.05) is 76.8 Å². The Labute approximate surface area is 96.5 Å². The standard InChI is InChI=1S/C14H27B/c1-11-3-7-13(8-4-11)15-14-9-5-12(2)6-10-14/h11-15H,3-10H2,1-2H3. The molecule has 0 atom stereocenters. The minimum Gasteiger partial charge on any atom is -0.0654 e. The Hall–Kier alpha value is 0.0649. The van der Waals surface area contributed by atoms with Gasteiger partial charge in [0, 0.05) is 0 Å². The second-order valence-corrected chi connectivity index (χ2v) is 6.49. The molecule has 0 aliphatic heterocycles. The van der Waals surface area contributed by atoms with Crippen LogP contribution < -0.4 is 0 Å². The van der Waals surface area contributed by atoms with Gasteiger partial charge in [-0.2, -0.15) is 0 Å². The van der Waals surface area contributed by atoms with Crippen LogP contribution in [0.1, 0.15) is 65.2 Å². The fraction of sp³-hybridized carbons (Fsp3) is 1.00. The molecule has 2 fully saturated rings. The smallest absolute Gasteiger partial charge is 0.0654 e. The molecule has 0 saturated heterocycles. The molecular formula is C14H27B. The topological polar surface area (TPSA) is 0 Å². The van der Waals surface area contributed by atoms with E-state index in [-0.39, 0.29) is 0 Å². The quantitative estimate of drug-likeness (QED) is 0.586. The highest BCUT2D eigenvalue weighted by atomic mass is 14.2.